The van der Waals surface area contributed by atoms with Crippen molar-refractivity contribution in [3.8, 4) is 17.6 Å². The number of hydrogen-bond acceptors (Lipinski definition) is 6. The summed E-state index contributed by atoms with van der Waals surface area (Å²) in [4.78, 5) is 23.1. The lowest BCUT2D eigenvalue weighted by atomic mass is 10.1. The molecule has 8 nitrogen and oxygen atoms in total. The van der Waals surface area contributed by atoms with Crippen LogP contribution in [0.1, 0.15) is 23.6 Å². The van der Waals surface area contributed by atoms with Crippen LogP contribution in [-0.2, 0) is 11.4 Å². The number of ether oxygens (including phenoxy) is 2. The number of rotatable bonds is 9. The summed E-state index contributed by atoms with van der Waals surface area (Å²) in [6.45, 7) is 4.24. The van der Waals surface area contributed by atoms with Crippen molar-refractivity contribution in [3.05, 3.63) is 97.5 Å². The summed E-state index contributed by atoms with van der Waals surface area (Å²) >= 11 is 3.47. The number of carbonyl (C=O) groups is 1. The van der Waals surface area contributed by atoms with E-state index in [2.05, 4.69) is 21.2 Å². The van der Waals surface area contributed by atoms with Crippen LogP contribution in [0.4, 0.5) is 11.4 Å². The zero-order valence-electron chi connectivity index (χ0n) is 19.1. The second kappa shape index (κ2) is 11.8. The van der Waals surface area contributed by atoms with Crippen molar-refractivity contribution in [1.29, 1.82) is 5.26 Å². The van der Waals surface area contributed by atoms with Crippen molar-refractivity contribution < 1.29 is 19.2 Å². The van der Waals surface area contributed by atoms with Gasteiger partial charge in [0.15, 0.2) is 11.5 Å². The van der Waals surface area contributed by atoms with Crippen molar-refractivity contribution in [1.82, 2.24) is 0 Å². The minimum absolute atomic E-state index is 0.00222. The Morgan fingerprint density at radius 1 is 1.14 bits per heavy atom. The largest absolute Gasteiger partial charge is 0.490 e. The van der Waals surface area contributed by atoms with E-state index < -0.39 is 10.8 Å². The minimum Gasteiger partial charge on any atom is -0.490 e. The van der Waals surface area contributed by atoms with Crippen LogP contribution in [0.15, 0.2) is 70.7 Å². The molecule has 0 saturated heterocycles. The van der Waals surface area contributed by atoms with Crippen molar-refractivity contribution in [2.75, 3.05) is 11.9 Å². The molecular weight excluding hydrogens is 514 g/mol. The fraction of sp³-hybridized carbons (Fsp3) is 0.154. The van der Waals surface area contributed by atoms with Gasteiger partial charge in [-0.15, -0.1) is 0 Å². The van der Waals surface area contributed by atoms with E-state index >= 15 is 0 Å². The Balaban J connectivity index is 1.83. The summed E-state index contributed by atoms with van der Waals surface area (Å²) in [5.41, 5.74) is 2.75. The number of hydrogen-bond donors (Lipinski definition) is 1. The molecule has 1 amide bonds. The molecule has 3 aromatic rings. The van der Waals surface area contributed by atoms with Crippen molar-refractivity contribution in [3.63, 3.8) is 0 Å². The van der Waals surface area contributed by atoms with Gasteiger partial charge in [0.05, 0.1) is 11.5 Å². The van der Waals surface area contributed by atoms with E-state index in [-0.39, 0.29) is 17.9 Å². The molecule has 0 radical (unpaired) electrons. The standard InChI is InChI=1S/C26H22BrN3O5/c1-3-34-24-13-19(12-20(15-28)26(31)29-23-7-5-4-6-17(23)2)22(27)14-25(24)35-16-18-8-10-21(11-9-18)30(32)33/h4-14H,3,16H2,1-2H3,(H,29,31)/b20-12+. The zero-order valence-corrected chi connectivity index (χ0v) is 20.7. The summed E-state index contributed by atoms with van der Waals surface area (Å²) < 4.78 is 12.2. The number of anilines is 1. The summed E-state index contributed by atoms with van der Waals surface area (Å²) in [5, 5.41) is 23.2. The molecule has 0 aliphatic carbocycles. The number of nitro benzene ring substituents is 1. The molecule has 35 heavy (non-hydrogen) atoms. The van der Waals surface area contributed by atoms with Crippen molar-refractivity contribution in [2.24, 2.45) is 0 Å². The van der Waals surface area contributed by atoms with E-state index in [0.29, 0.717) is 33.8 Å². The molecular formula is C26H22BrN3O5. The van der Waals surface area contributed by atoms with Crippen LogP contribution in [0, 0.1) is 28.4 Å². The number of amides is 1. The van der Waals surface area contributed by atoms with Crippen LogP contribution in [0.3, 0.4) is 0 Å². The molecule has 0 heterocycles. The topological polar surface area (TPSA) is 114 Å². The lowest BCUT2D eigenvalue weighted by Crippen LogP contribution is -2.14. The quantitative estimate of drug-likeness (QED) is 0.151. The lowest BCUT2D eigenvalue weighted by Gasteiger charge is -2.14. The van der Waals surface area contributed by atoms with Crippen molar-refractivity contribution >= 4 is 39.3 Å². The van der Waals surface area contributed by atoms with Gasteiger partial charge in [-0.25, -0.2) is 0 Å². The second-order valence-corrected chi connectivity index (χ2v) is 8.26. The van der Waals surface area contributed by atoms with E-state index in [1.165, 1.54) is 18.2 Å². The maximum atomic E-state index is 12.7. The zero-order chi connectivity index (χ0) is 25.4. The SMILES string of the molecule is CCOc1cc(/C=C(\C#N)C(=O)Nc2ccccc2C)c(Br)cc1OCc1ccc([N+](=O)[O-])cc1. The molecule has 0 aromatic heterocycles. The first kappa shape index (κ1) is 25.5. The van der Waals surface area contributed by atoms with Gasteiger partial charge in [-0.2, -0.15) is 5.26 Å². The van der Waals surface area contributed by atoms with Gasteiger partial charge >= 0.3 is 0 Å². The summed E-state index contributed by atoms with van der Waals surface area (Å²) in [5.74, 6) is 0.350. The van der Waals surface area contributed by atoms with Gasteiger partial charge < -0.3 is 14.8 Å². The maximum Gasteiger partial charge on any atom is 0.269 e. The molecule has 0 spiro atoms. The fourth-order valence-corrected chi connectivity index (χ4v) is 3.56. The Hall–Kier alpha value is -4.16. The molecule has 0 aliphatic heterocycles. The smallest absolute Gasteiger partial charge is 0.269 e. The van der Waals surface area contributed by atoms with Gasteiger partial charge in [0.2, 0.25) is 0 Å². The van der Waals surface area contributed by atoms with Crippen LogP contribution in [-0.4, -0.2) is 17.4 Å². The Kier molecular flexibility index (Phi) is 8.59. The number of benzene rings is 3. The average molecular weight is 536 g/mol. The first-order chi connectivity index (χ1) is 16.8. The predicted octanol–water partition coefficient (Wildman–Crippen LogP) is 6.19. The highest BCUT2D eigenvalue weighted by Gasteiger charge is 2.15. The highest BCUT2D eigenvalue weighted by Crippen LogP contribution is 2.35. The van der Waals surface area contributed by atoms with E-state index in [9.17, 15) is 20.2 Å². The Labute approximate surface area is 211 Å². The highest BCUT2D eigenvalue weighted by atomic mass is 79.9. The fourth-order valence-electron chi connectivity index (χ4n) is 3.12. The van der Waals surface area contributed by atoms with Gasteiger partial charge in [0.25, 0.3) is 11.6 Å². The molecule has 0 saturated carbocycles. The molecule has 0 atom stereocenters. The summed E-state index contributed by atoms with van der Waals surface area (Å²) in [6, 6.07) is 18.7. The van der Waals surface area contributed by atoms with Gasteiger partial charge in [-0.3, -0.25) is 14.9 Å². The Bertz CT molecular complexity index is 1310. The van der Waals surface area contributed by atoms with E-state index in [1.807, 2.05) is 32.0 Å². The molecule has 3 aromatic carbocycles. The number of para-hydroxylation sites is 1. The monoisotopic (exact) mass is 535 g/mol. The molecule has 0 bridgehead atoms. The number of nitrogens with one attached hydrogen (secondary N) is 1. The molecule has 1 N–H and O–H groups in total. The van der Waals surface area contributed by atoms with Gasteiger partial charge in [0, 0.05) is 22.3 Å². The lowest BCUT2D eigenvalue weighted by molar-refractivity contribution is -0.384. The first-order valence-corrected chi connectivity index (χ1v) is 11.4. The number of carbonyl (C=O) groups excluding carboxylic acids is 1. The Morgan fingerprint density at radius 2 is 1.83 bits per heavy atom. The van der Waals surface area contributed by atoms with E-state index in [4.69, 9.17) is 9.47 Å². The van der Waals surface area contributed by atoms with Crippen LogP contribution in [0.25, 0.3) is 6.08 Å². The molecule has 0 fully saturated rings. The molecule has 3 rings (SSSR count). The number of aryl methyl sites for hydroxylation is 1. The van der Waals surface area contributed by atoms with Crippen LogP contribution >= 0.6 is 15.9 Å². The third kappa shape index (κ3) is 6.68. The summed E-state index contributed by atoms with van der Waals surface area (Å²) in [6.07, 6.45) is 1.47. The predicted molar refractivity (Wildman–Crippen MR) is 136 cm³/mol. The van der Waals surface area contributed by atoms with Crippen molar-refractivity contribution in [2.45, 2.75) is 20.5 Å². The summed E-state index contributed by atoms with van der Waals surface area (Å²) in [7, 11) is 0. The number of nitro groups is 1. The number of nitriles is 1. The van der Waals surface area contributed by atoms with Gasteiger partial charge in [0.1, 0.15) is 18.2 Å². The van der Waals surface area contributed by atoms with Gasteiger partial charge in [-0.05, 0) is 66.9 Å². The van der Waals surface area contributed by atoms with Crippen LogP contribution in [0.5, 0.6) is 11.5 Å². The maximum absolute atomic E-state index is 12.7. The normalized spacial score (nSPS) is 10.9. The number of non-ortho nitro benzene ring substituents is 1. The van der Waals surface area contributed by atoms with E-state index in [0.717, 1.165) is 11.1 Å². The van der Waals surface area contributed by atoms with Crippen LogP contribution in [0.2, 0.25) is 0 Å². The van der Waals surface area contributed by atoms with Gasteiger partial charge in [-0.1, -0.05) is 34.1 Å². The molecule has 0 unspecified atom stereocenters. The average Bonchev–Trinajstić information content (AvgIpc) is 2.84. The third-order valence-corrected chi connectivity index (χ3v) is 5.65. The molecule has 0 aliphatic rings. The minimum atomic E-state index is -0.523. The molecule has 9 heteroatoms. The van der Waals surface area contributed by atoms with Crippen LogP contribution < -0.4 is 14.8 Å². The number of nitrogens with zero attached hydrogens (tertiary/aromatic N) is 2. The highest BCUT2D eigenvalue weighted by molar-refractivity contribution is 9.10. The number of halogens is 1. The third-order valence-electron chi connectivity index (χ3n) is 4.96. The first-order valence-electron chi connectivity index (χ1n) is 10.6. The van der Waals surface area contributed by atoms with E-state index in [1.54, 1.807) is 36.4 Å². The Morgan fingerprint density at radius 3 is 2.46 bits per heavy atom. The second-order valence-electron chi connectivity index (χ2n) is 7.40. The molecule has 178 valence electrons.